The first kappa shape index (κ1) is 19.3. The van der Waals surface area contributed by atoms with Gasteiger partial charge in [-0.1, -0.05) is 55.8 Å². The zero-order valence-electron chi connectivity index (χ0n) is 16.4. The van der Waals surface area contributed by atoms with Crippen molar-refractivity contribution in [3.8, 4) is 11.3 Å². The predicted molar refractivity (Wildman–Crippen MR) is 114 cm³/mol. The van der Waals surface area contributed by atoms with Gasteiger partial charge in [0.2, 0.25) is 5.91 Å². The highest BCUT2D eigenvalue weighted by Gasteiger charge is 2.07. The molecular weight excluding hydrogens is 348 g/mol. The van der Waals surface area contributed by atoms with Gasteiger partial charge in [0.15, 0.2) is 0 Å². The van der Waals surface area contributed by atoms with Crippen molar-refractivity contribution in [2.24, 2.45) is 0 Å². The molecule has 2 aromatic heterocycles. The molecule has 4 rings (SSSR count). The van der Waals surface area contributed by atoms with Crippen molar-refractivity contribution in [1.82, 2.24) is 15.0 Å². The Morgan fingerprint density at radius 1 is 1.04 bits per heavy atom. The van der Waals surface area contributed by atoms with Crippen LogP contribution in [0.4, 0.5) is 5.69 Å². The second kappa shape index (κ2) is 8.95. The molecule has 0 aliphatic heterocycles. The van der Waals surface area contributed by atoms with E-state index in [2.05, 4.69) is 20.3 Å². The summed E-state index contributed by atoms with van der Waals surface area (Å²) < 4.78 is 0. The third-order valence-electron chi connectivity index (χ3n) is 4.26. The van der Waals surface area contributed by atoms with Gasteiger partial charge in [-0.25, -0.2) is 9.97 Å². The van der Waals surface area contributed by atoms with Crippen LogP contribution in [0.5, 0.6) is 0 Å². The number of carbonyl (C=O) groups is 1. The van der Waals surface area contributed by atoms with E-state index in [0.717, 1.165) is 33.5 Å². The van der Waals surface area contributed by atoms with Crippen molar-refractivity contribution < 1.29 is 4.79 Å². The summed E-state index contributed by atoms with van der Waals surface area (Å²) in [7, 11) is 0. The van der Waals surface area contributed by atoms with Crippen LogP contribution in [0.2, 0.25) is 0 Å². The maximum Gasteiger partial charge on any atom is 0.228 e. The average molecular weight is 372 g/mol. The van der Waals surface area contributed by atoms with E-state index in [1.54, 1.807) is 6.20 Å². The third kappa shape index (κ3) is 4.62. The Morgan fingerprint density at radius 3 is 2.43 bits per heavy atom. The van der Waals surface area contributed by atoms with Gasteiger partial charge >= 0.3 is 0 Å². The van der Waals surface area contributed by atoms with E-state index >= 15 is 0 Å². The van der Waals surface area contributed by atoms with Gasteiger partial charge in [0.05, 0.1) is 6.42 Å². The summed E-state index contributed by atoms with van der Waals surface area (Å²) in [5, 5.41) is 3.91. The summed E-state index contributed by atoms with van der Waals surface area (Å²) >= 11 is 0. The molecule has 0 saturated heterocycles. The van der Waals surface area contributed by atoms with Crippen LogP contribution in [0.15, 0.2) is 67.1 Å². The summed E-state index contributed by atoms with van der Waals surface area (Å²) in [6, 6.07) is 17.8. The fraction of sp³-hybridized carbons (Fsp3) is 0.174. The van der Waals surface area contributed by atoms with E-state index < -0.39 is 0 Å². The molecule has 1 amide bonds. The molecule has 5 nitrogen and oxygen atoms in total. The van der Waals surface area contributed by atoms with Crippen LogP contribution in [-0.4, -0.2) is 20.9 Å². The van der Waals surface area contributed by atoms with Gasteiger partial charge in [0.25, 0.3) is 0 Å². The number of nitrogens with one attached hydrogen (secondary N) is 2. The van der Waals surface area contributed by atoms with Crippen molar-refractivity contribution in [3.05, 3.63) is 78.2 Å². The third-order valence-corrected chi connectivity index (χ3v) is 4.26. The van der Waals surface area contributed by atoms with Gasteiger partial charge in [-0.05, 0) is 36.2 Å². The number of rotatable bonds is 4. The molecule has 5 heteroatoms. The molecule has 0 saturated carbocycles. The van der Waals surface area contributed by atoms with Crippen LogP contribution in [0, 0.1) is 6.92 Å². The number of amides is 1. The molecule has 2 aromatic carbocycles. The number of anilines is 1. The van der Waals surface area contributed by atoms with E-state index in [9.17, 15) is 4.79 Å². The summed E-state index contributed by atoms with van der Waals surface area (Å²) in [6.45, 7) is 6.03. The van der Waals surface area contributed by atoms with Crippen LogP contribution in [0.3, 0.4) is 0 Å². The average Bonchev–Trinajstić information content (AvgIpc) is 3.16. The maximum absolute atomic E-state index is 12.2. The van der Waals surface area contributed by atoms with Crippen molar-refractivity contribution in [2.75, 3.05) is 5.32 Å². The number of aryl methyl sites for hydroxylation is 1. The zero-order valence-corrected chi connectivity index (χ0v) is 16.4. The van der Waals surface area contributed by atoms with Crippen LogP contribution in [-0.2, 0) is 11.2 Å². The highest BCUT2D eigenvalue weighted by molar-refractivity contribution is 5.92. The van der Waals surface area contributed by atoms with Gasteiger partial charge in [-0.2, -0.15) is 0 Å². The van der Waals surface area contributed by atoms with Gasteiger partial charge in [0.1, 0.15) is 12.0 Å². The van der Waals surface area contributed by atoms with E-state index in [0.29, 0.717) is 6.42 Å². The Bertz CT molecular complexity index is 1020. The minimum Gasteiger partial charge on any atom is -0.339 e. The van der Waals surface area contributed by atoms with Crippen LogP contribution in [0.25, 0.3) is 22.3 Å². The first-order chi connectivity index (χ1) is 13.7. The highest BCUT2D eigenvalue weighted by Crippen LogP contribution is 2.24. The molecule has 0 bridgehead atoms. The fourth-order valence-corrected chi connectivity index (χ4v) is 2.85. The normalized spacial score (nSPS) is 10.2. The molecule has 2 heterocycles. The Balaban J connectivity index is 0.00000109. The smallest absolute Gasteiger partial charge is 0.228 e. The molecular formula is C23H24N4O. The summed E-state index contributed by atoms with van der Waals surface area (Å²) in [4.78, 5) is 23.7. The Labute approximate surface area is 164 Å². The number of hydrogen-bond donors (Lipinski definition) is 2. The van der Waals surface area contributed by atoms with Crippen molar-refractivity contribution in [1.29, 1.82) is 0 Å². The number of aromatic amines is 1. The second-order valence-electron chi connectivity index (χ2n) is 6.30. The number of nitrogens with zero attached hydrogens (tertiary/aromatic N) is 2. The molecule has 0 spiro atoms. The Morgan fingerprint density at radius 2 is 1.75 bits per heavy atom. The molecule has 0 radical (unpaired) electrons. The summed E-state index contributed by atoms with van der Waals surface area (Å²) in [6.07, 6.45) is 3.67. The van der Waals surface area contributed by atoms with Crippen LogP contribution >= 0.6 is 0 Å². The topological polar surface area (TPSA) is 70.7 Å². The van der Waals surface area contributed by atoms with Gasteiger partial charge in [-0.3, -0.25) is 4.79 Å². The predicted octanol–water partition coefficient (Wildman–Crippen LogP) is 5.14. The number of aromatic nitrogens is 3. The molecule has 0 atom stereocenters. The Kier molecular flexibility index (Phi) is 6.17. The van der Waals surface area contributed by atoms with Crippen molar-refractivity contribution >= 4 is 22.6 Å². The minimum atomic E-state index is -0.0255. The molecule has 142 valence electrons. The second-order valence-corrected chi connectivity index (χ2v) is 6.30. The lowest BCUT2D eigenvalue weighted by Gasteiger charge is -2.07. The van der Waals surface area contributed by atoms with Crippen molar-refractivity contribution in [2.45, 2.75) is 27.2 Å². The molecule has 4 aromatic rings. The zero-order chi connectivity index (χ0) is 19.9. The lowest BCUT2D eigenvalue weighted by Crippen LogP contribution is -2.14. The monoisotopic (exact) mass is 372 g/mol. The fourth-order valence-electron chi connectivity index (χ4n) is 2.85. The van der Waals surface area contributed by atoms with E-state index in [-0.39, 0.29) is 5.91 Å². The molecule has 0 aliphatic carbocycles. The maximum atomic E-state index is 12.2. The molecule has 2 N–H and O–H groups in total. The lowest BCUT2D eigenvalue weighted by molar-refractivity contribution is -0.115. The largest absolute Gasteiger partial charge is 0.339 e. The van der Waals surface area contributed by atoms with E-state index in [1.807, 2.05) is 75.4 Å². The summed E-state index contributed by atoms with van der Waals surface area (Å²) in [5.41, 5.74) is 5.78. The molecule has 28 heavy (non-hydrogen) atoms. The van der Waals surface area contributed by atoms with Gasteiger partial charge in [0, 0.05) is 23.0 Å². The van der Waals surface area contributed by atoms with Crippen molar-refractivity contribution in [3.63, 3.8) is 0 Å². The highest BCUT2D eigenvalue weighted by atomic mass is 16.1. The van der Waals surface area contributed by atoms with E-state index in [1.165, 1.54) is 11.9 Å². The van der Waals surface area contributed by atoms with Crippen LogP contribution < -0.4 is 5.32 Å². The first-order valence-corrected chi connectivity index (χ1v) is 9.42. The minimum absolute atomic E-state index is 0.0255. The number of benzene rings is 2. The number of fused-ring (bicyclic) bond motifs is 1. The first-order valence-electron chi connectivity index (χ1n) is 9.42. The Hall–Kier alpha value is -3.47. The van der Waals surface area contributed by atoms with E-state index in [4.69, 9.17) is 0 Å². The lowest BCUT2D eigenvalue weighted by atomic mass is 10.1. The van der Waals surface area contributed by atoms with Gasteiger partial charge in [-0.15, -0.1) is 0 Å². The molecule has 0 aliphatic rings. The standard InChI is InChI=1S/C21H18N4O.C2H6/c1-14-2-4-15(5-3-14)10-20(26)24-18-8-6-16(7-9-18)19-11-17-12-22-13-23-21(17)25-19;1-2/h2-9,11-13H,10H2,1H3,(H,24,26)(H,22,23,25);1-2H3. The SMILES string of the molecule is CC.Cc1ccc(CC(=O)Nc2ccc(-c3cc4cncnc4[nH]3)cc2)cc1. The van der Waals surface area contributed by atoms with Gasteiger partial charge < -0.3 is 10.3 Å². The number of carbonyl (C=O) groups excluding carboxylic acids is 1. The molecule has 0 unspecified atom stereocenters. The molecule has 0 fully saturated rings. The van der Waals surface area contributed by atoms with Crippen LogP contribution in [0.1, 0.15) is 25.0 Å². The number of hydrogen-bond acceptors (Lipinski definition) is 3. The number of H-pyrrole nitrogens is 1. The quantitative estimate of drug-likeness (QED) is 0.521. The summed E-state index contributed by atoms with van der Waals surface area (Å²) in [5.74, 6) is -0.0255.